The van der Waals surface area contributed by atoms with Crippen LogP contribution in [-0.2, 0) is 11.3 Å². The van der Waals surface area contributed by atoms with Crippen LogP contribution in [0.5, 0.6) is 0 Å². The van der Waals surface area contributed by atoms with Gasteiger partial charge in [0, 0.05) is 28.4 Å². The molecule has 4 aromatic rings. The van der Waals surface area contributed by atoms with Crippen LogP contribution in [0.1, 0.15) is 5.56 Å². The minimum absolute atomic E-state index is 0.0968. The fraction of sp³-hybridized carbons (Fsp3) is 0.103. The first-order valence-electron chi connectivity index (χ1n) is 11.7. The highest BCUT2D eigenvalue weighted by molar-refractivity contribution is 6.12. The van der Waals surface area contributed by atoms with E-state index in [1.165, 1.54) is 0 Å². The second kappa shape index (κ2) is 10.2. The Morgan fingerprint density at radius 3 is 2.38 bits per heavy atom. The maximum atomic E-state index is 12.7. The van der Waals surface area contributed by atoms with E-state index in [2.05, 4.69) is 22.6 Å². The van der Waals surface area contributed by atoms with E-state index < -0.39 is 12.1 Å². The number of hydrazone groups is 1. The Kier molecular flexibility index (Phi) is 6.50. The predicted octanol–water partition coefficient (Wildman–Crippen LogP) is 4.49. The van der Waals surface area contributed by atoms with Crippen molar-refractivity contribution in [2.75, 3.05) is 10.3 Å². The summed E-state index contributed by atoms with van der Waals surface area (Å²) in [4.78, 5) is 12.7. The third-order valence-corrected chi connectivity index (χ3v) is 6.18. The van der Waals surface area contributed by atoms with Crippen molar-refractivity contribution >= 4 is 40.0 Å². The minimum Gasteiger partial charge on any atom is -0.337 e. The number of nitrogens with one attached hydrogen (secondary N) is 1. The Labute approximate surface area is 214 Å². The van der Waals surface area contributed by atoms with Gasteiger partial charge in [0.2, 0.25) is 5.91 Å². The molecule has 0 radical (unpaired) electrons. The molecule has 1 aliphatic rings. The predicted molar refractivity (Wildman–Crippen MR) is 144 cm³/mol. The molecule has 0 saturated carbocycles. The SMILES string of the molecule is N#C/C(=C\c1cn(CC(=O)Nc2ccccc2)c2ccccc12)C1=NN(c2ccccc2)[C@H](N)[C@H]1C#N. The fourth-order valence-corrected chi connectivity index (χ4v) is 4.43. The number of carbonyl (C=O) groups excluding carboxylic acids is 1. The highest BCUT2D eigenvalue weighted by Crippen LogP contribution is 2.30. The molecule has 0 spiro atoms. The summed E-state index contributed by atoms with van der Waals surface area (Å²) in [6.07, 6.45) is 2.82. The van der Waals surface area contributed by atoms with Crippen molar-refractivity contribution < 1.29 is 4.79 Å². The quantitative estimate of drug-likeness (QED) is 0.390. The van der Waals surface area contributed by atoms with E-state index in [4.69, 9.17) is 5.73 Å². The number of allylic oxidation sites excluding steroid dienone is 1. The van der Waals surface area contributed by atoms with Crippen molar-refractivity contribution in [2.45, 2.75) is 12.7 Å². The van der Waals surface area contributed by atoms with Crippen LogP contribution in [0.4, 0.5) is 11.4 Å². The number of nitrogens with two attached hydrogens (primary N) is 1. The molecule has 0 bridgehead atoms. The molecule has 0 unspecified atom stereocenters. The van der Waals surface area contributed by atoms with E-state index in [0.29, 0.717) is 5.71 Å². The molecule has 180 valence electrons. The number of para-hydroxylation sites is 3. The van der Waals surface area contributed by atoms with Crippen LogP contribution in [0.2, 0.25) is 0 Å². The second-order valence-electron chi connectivity index (χ2n) is 8.58. The van der Waals surface area contributed by atoms with Gasteiger partial charge >= 0.3 is 0 Å². The lowest BCUT2D eigenvalue weighted by atomic mass is 9.95. The molecule has 1 amide bonds. The fourth-order valence-electron chi connectivity index (χ4n) is 4.43. The maximum Gasteiger partial charge on any atom is 0.244 e. The average Bonchev–Trinajstić information content (AvgIpc) is 3.45. The molecule has 1 aliphatic heterocycles. The number of fused-ring (bicyclic) bond motifs is 1. The number of hydrogen-bond acceptors (Lipinski definition) is 6. The van der Waals surface area contributed by atoms with Gasteiger partial charge in [0.15, 0.2) is 0 Å². The number of amides is 1. The zero-order valence-electron chi connectivity index (χ0n) is 19.8. The molecule has 2 atom stereocenters. The lowest BCUT2D eigenvalue weighted by Crippen LogP contribution is -2.40. The van der Waals surface area contributed by atoms with Crippen molar-refractivity contribution in [3.8, 4) is 12.1 Å². The van der Waals surface area contributed by atoms with Gasteiger partial charge in [-0.2, -0.15) is 15.6 Å². The monoisotopic (exact) mass is 485 g/mol. The lowest BCUT2D eigenvalue weighted by molar-refractivity contribution is -0.116. The molecule has 0 saturated heterocycles. The number of benzene rings is 3. The number of rotatable bonds is 6. The normalized spacial score (nSPS) is 17.2. The molecular weight excluding hydrogens is 462 g/mol. The van der Waals surface area contributed by atoms with Gasteiger partial charge in [0.05, 0.1) is 23.0 Å². The van der Waals surface area contributed by atoms with Gasteiger partial charge in [-0.15, -0.1) is 0 Å². The zero-order valence-corrected chi connectivity index (χ0v) is 19.8. The standard InChI is InChI=1S/C29H23N7O/c30-16-20(28-25(17-31)29(32)36(34-28)23-11-5-2-6-12-23)15-21-18-35(26-14-8-7-13-24(21)26)19-27(37)33-22-9-3-1-4-10-22/h1-15,18,25,29H,19,32H2,(H,33,37)/b20-15+/t25-,29-/m0/s1. The van der Waals surface area contributed by atoms with Crippen LogP contribution >= 0.6 is 0 Å². The number of aromatic nitrogens is 1. The van der Waals surface area contributed by atoms with E-state index in [1.54, 1.807) is 11.1 Å². The molecule has 2 heterocycles. The minimum atomic E-state index is -0.781. The zero-order chi connectivity index (χ0) is 25.8. The molecule has 0 aliphatic carbocycles. The Morgan fingerprint density at radius 1 is 1.00 bits per heavy atom. The van der Waals surface area contributed by atoms with Crippen molar-refractivity contribution in [1.82, 2.24) is 4.57 Å². The third-order valence-electron chi connectivity index (χ3n) is 6.18. The highest BCUT2D eigenvalue weighted by atomic mass is 16.1. The van der Waals surface area contributed by atoms with Crippen LogP contribution in [0.3, 0.4) is 0 Å². The van der Waals surface area contributed by atoms with Crippen LogP contribution < -0.4 is 16.1 Å². The first kappa shape index (κ1) is 23.6. The molecule has 0 fully saturated rings. The largest absolute Gasteiger partial charge is 0.337 e. The first-order chi connectivity index (χ1) is 18.1. The Hall–Kier alpha value is -5.18. The van der Waals surface area contributed by atoms with Crippen molar-refractivity contribution in [2.24, 2.45) is 16.8 Å². The first-order valence-corrected chi connectivity index (χ1v) is 11.7. The van der Waals surface area contributed by atoms with Crippen molar-refractivity contribution in [1.29, 1.82) is 10.5 Å². The summed E-state index contributed by atoms with van der Waals surface area (Å²) in [6.45, 7) is 0.0968. The van der Waals surface area contributed by atoms with E-state index in [0.717, 1.165) is 27.8 Å². The van der Waals surface area contributed by atoms with Gasteiger partial charge in [0.25, 0.3) is 0 Å². The van der Waals surface area contributed by atoms with E-state index in [-0.39, 0.29) is 18.0 Å². The number of hydrogen-bond donors (Lipinski definition) is 2. The highest BCUT2D eigenvalue weighted by Gasteiger charge is 2.37. The van der Waals surface area contributed by atoms with Crippen molar-refractivity contribution in [3.05, 3.63) is 102 Å². The summed E-state index contributed by atoms with van der Waals surface area (Å²) < 4.78 is 1.84. The number of carbonyl (C=O) groups is 1. The maximum absolute atomic E-state index is 12.7. The molecule has 1 aromatic heterocycles. The summed E-state index contributed by atoms with van der Waals surface area (Å²) in [7, 11) is 0. The third kappa shape index (κ3) is 4.70. The number of nitrogens with zero attached hydrogens (tertiary/aromatic N) is 5. The summed E-state index contributed by atoms with van der Waals surface area (Å²) in [5, 5.41) is 29.8. The Morgan fingerprint density at radius 2 is 1.68 bits per heavy atom. The Balaban J connectivity index is 1.50. The van der Waals surface area contributed by atoms with Crippen LogP contribution in [0, 0.1) is 28.6 Å². The molecule has 8 nitrogen and oxygen atoms in total. The van der Waals surface area contributed by atoms with Gasteiger partial charge in [-0.1, -0.05) is 54.6 Å². The summed E-state index contributed by atoms with van der Waals surface area (Å²) in [6, 6.07) is 30.6. The number of anilines is 2. The van der Waals surface area contributed by atoms with E-state index in [1.807, 2.05) is 95.7 Å². The Bertz CT molecular complexity index is 1590. The van der Waals surface area contributed by atoms with Crippen molar-refractivity contribution in [3.63, 3.8) is 0 Å². The molecule has 37 heavy (non-hydrogen) atoms. The van der Waals surface area contributed by atoms with E-state index in [9.17, 15) is 15.3 Å². The topological polar surface area (TPSA) is 123 Å². The van der Waals surface area contributed by atoms with Gasteiger partial charge < -0.3 is 15.6 Å². The van der Waals surface area contributed by atoms with Gasteiger partial charge in [0.1, 0.15) is 24.7 Å². The molecule has 8 heteroatoms. The van der Waals surface area contributed by atoms with Crippen LogP contribution in [-0.4, -0.2) is 22.4 Å². The molecule has 3 aromatic carbocycles. The van der Waals surface area contributed by atoms with Crippen LogP contribution in [0.15, 0.2) is 102 Å². The van der Waals surface area contributed by atoms with E-state index >= 15 is 0 Å². The summed E-state index contributed by atoms with van der Waals surface area (Å²) in [5.74, 6) is -0.951. The molecular formula is C29H23N7O. The van der Waals surface area contributed by atoms with Gasteiger partial charge in [-0.3, -0.25) is 4.79 Å². The summed E-state index contributed by atoms with van der Waals surface area (Å²) in [5.41, 5.74) is 9.97. The smallest absolute Gasteiger partial charge is 0.244 e. The molecule has 3 N–H and O–H groups in total. The second-order valence-corrected chi connectivity index (χ2v) is 8.58. The van der Waals surface area contributed by atoms with Gasteiger partial charge in [-0.05, 0) is 36.4 Å². The van der Waals surface area contributed by atoms with Crippen LogP contribution in [0.25, 0.3) is 17.0 Å². The average molecular weight is 486 g/mol. The summed E-state index contributed by atoms with van der Waals surface area (Å²) >= 11 is 0. The number of nitriles is 2. The molecule has 5 rings (SSSR count). The lowest BCUT2D eigenvalue weighted by Gasteiger charge is -2.21. The van der Waals surface area contributed by atoms with Gasteiger partial charge in [-0.25, -0.2) is 5.01 Å².